The molecule has 0 spiro atoms. The van der Waals surface area contributed by atoms with Gasteiger partial charge in [-0.25, -0.2) is 4.98 Å². The van der Waals surface area contributed by atoms with Gasteiger partial charge in [-0.05, 0) is 30.7 Å². The van der Waals surface area contributed by atoms with Gasteiger partial charge in [0.1, 0.15) is 0 Å². The molecule has 4 heteroatoms. The van der Waals surface area contributed by atoms with Crippen LogP contribution in [0, 0.1) is 6.92 Å². The van der Waals surface area contributed by atoms with E-state index >= 15 is 0 Å². The summed E-state index contributed by atoms with van der Waals surface area (Å²) in [6.07, 6.45) is 0. The minimum Gasteiger partial charge on any atom is -0.276 e. The molecule has 0 atom stereocenters. The Morgan fingerprint density at radius 1 is 1.33 bits per heavy atom. The first-order valence-corrected chi connectivity index (χ1v) is 5.65. The molecule has 1 aromatic carbocycles. The molecule has 0 bridgehead atoms. The average molecular weight is 238 g/mol. The van der Waals surface area contributed by atoms with Crippen LogP contribution in [0.2, 0.25) is 0 Å². The summed E-state index contributed by atoms with van der Waals surface area (Å²) in [5.41, 5.74) is 2.44. The molecule has 0 N–H and O–H groups in total. The van der Waals surface area contributed by atoms with Gasteiger partial charge in [-0.2, -0.15) is 0 Å². The highest BCUT2D eigenvalue weighted by atomic mass is 35.5. The standard InChI is InChI=1S/C11H8ClNOS/c1-7-13-10(6-15-7)8-2-4-9(5-3-8)11(12)14/h2-6H,1H3. The van der Waals surface area contributed by atoms with Gasteiger partial charge in [0.05, 0.1) is 10.7 Å². The fourth-order valence-corrected chi connectivity index (χ4v) is 2.02. The minimum atomic E-state index is -0.434. The molecule has 1 aromatic heterocycles. The molecule has 0 amide bonds. The summed E-state index contributed by atoms with van der Waals surface area (Å²) >= 11 is 6.96. The molecule has 0 unspecified atom stereocenters. The van der Waals surface area contributed by atoms with E-state index in [1.165, 1.54) is 0 Å². The number of benzene rings is 1. The van der Waals surface area contributed by atoms with Gasteiger partial charge in [-0.1, -0.05) is 12.1 Å². The third-order valence-corrected chi connectivity index (χ3v) is 3.02. The highest BCUT2D eigenvalue weighted by molar-refractivity contribution is 7.09. The fraction of sp³-hybridized carbons (Fsp3) is 0.0909. The molecule has 0 aliphatic heterocycles. The maximum atomic E-state index is 10.8. The third kappa shape index (κ3) is 2.25. The van der Waals surface area contributed by atoms with E-state index in [2.05, 4.69) is 4.98 Å². The summed E-state index contributed by atoms with van der Waals surface area (Å²) in [6, 6.07) is 7.12. The van der Waals surface area contributed by atoms with Crippen molar-refractivity contribution < 1.29 is 4.79 Å². The van der Waals surface area contributed by atoms with Crippen molar-refractivity contribution in [2.75, 3.05) is 0 Å². The van der Waals surface area contributed by atoms with Crippen molar-refractivity contribution in [3.63, 3.8) is 0 Å². The molecule has 0 saturated carbocycles. The summed E-state index contributed by atoms with van der Waals surface area (Å²) < 4.78 is 0. The second-order valence-electron chi connectivity index (χ2n) is 3.10. The third-order valence-electron chi connectivity index (χ3n) is 2.03. The molecule has 15 heavy (non-hydrogen) atoms. The minimum absolute atomic E-state index is 0.434. The number of halogens is 1. The predicted octanol–water partition coefficient (Wildman–Crippen LogP) is 3.50. The second-order valence-corrected chi connectivity index (χ2v) is 4.51. The summed E-state index contributed by atoms with van der Waals surface area (Å²) in [6.45, 7) is 1.96. The molecule has 2 rings (SSSR count). The molecule has 1 heterocycles. The van der Waals surface area contributed by atoms with Crippen molar-refractivity contribution in [1.82, 2.24) is 4.98 Å². The van der Waals surface area contributed by atoms with Crippen molar-refractivity contribution in [2.24, 2.45) is 0 Å². The molecule has 0 fully saturated rings. The van der Waals surface area contributed by atoms with Gasteiger partial charge < -0.3 is 0 Å². The van der Waals surface area contributed by atoms with Gasteiger partial charge in [0.25, 0.3) is 5.24 Å². The van der Waals surface area contributed by atoms with Crippen LogP contribution in [0.1, 0.15) is 15.4 Å². The van der Waals surface area contributed by atoms with Crippen LogP contribution in [-0.4, -0.2) is 10.2 Å². The number of carbonyl (C=O) groups excluding carboxylic acids is 1. The molecule has 0 saturated heterocycles. The van der Waals surface area contributed by atoms with Gasteiger partial charge in [-0.3, -0.25) is 4.79 Å². The first kappa shape index (κ1) is 10.3. The summed E-state index contributed by atoms with van der Waals surface area (Å²) in [5, 5.41) is 2.59. The maximum absolute atomic E-state index is 10.8. The monoisotopic (exact) mass is 237 g/mol. The van der Waals surface area contributed by atoms with Crippen LogP contribution in [0.15, 0.2) is 29.6 Å². The van der Waals surface area contributed by atoms with E-state index in [0.29, 0.717) is 5.56 Å². The van der Waals surface area contributed by atoms with Crippen molar-refractivity contribution in [3.8, 4) is 11.3 Å². The lowest BCUT2D eigenvalue weighted by atomic mass is 10.1. The molecule has 0 radical (unpaired) electrons. The van der Waals surface area contributed by atoms with Crippen LogP contribution in [0.25, 0.3) is 11.3 Å². The Morgan fingerprint density at radius 3 is 2.47 bits per heavy atom. The van der Waals surface area contributed by atoms with Crippen LogP contribution < -0.4 is 0 Å². The summed E-state index contributed by atoms with van der Waals surface area (Å²) in [5.74, 6) is 0. The van der Waals surface area contributed by atoms with Gasteiger partial charge in [0, 0.05) is 16.5 Å². The quantitative estimate of drug-likeness (QED) is 0.749. The van der Waals surface area contributed by atoms with Crippen molar-refractivity contribution in [2.45, 2.75) is 6.92 Å². The topological polar surface area (TPSA) is 30.0 Å². The number of hydrogen-bond donors (Lipinski definition) is 0. The number of aromatic nitrogens is 1. The lowest BCUT2D eigenvalue weighted by molar-refractivity contribution is 0.108. The van der Waals surface area contributed by atoms with Crippen molar-refractivity contribution in [1.29, 1.82) is 0 Å². The van der Waals surface area contributed by atoms with Gasteiger partial charge >= 0.3 is 0 Å². The van der Waals surface area contributed by atoms with E-state index in [-0.39, 0.29) is 0 Å². The maximum Gasteiger partial charge on any atom is 0.252 e. The Hall–Kier alpha value is -1.19. The average Bonchev–Trinajstić information content (AvgIpc) is 2.65. The van der Waals surface area contributed by atoms with Gasteiger partial charge in [0.2, 0.25) is 0 Å². The highest BCUT2D eigenvalue weighted by Gasteiger charge is 2.04. The smallest absolute Gasteiger partial charge is 0.252 e. The molecule has 76 valence electrons. The van der Waals surface area contributed by atoms with E-state index in [1.807, 2.05) is 24.4 Å². The Morgan fingerprint density at radius 2 is 2.00 bits per heavy atom. The van der Waals surface area contributed by atoms with Gasteiger partial charge in [-0.15, -0.1) is 11.3 Å². The van der Waals surface area contributed by atoms with E-state index in [0.717, 1.165) is 16.3 Å². The number of hydrogen-bond acceptors (Lipinski definition) is 3. The number of rotatable bonds is 2. The van der Waals surface area contributed by atoms with E-state index in [4.69, 9.17) is 11.6 Å². The normalized spacial score (nSPS) is 10.3. The zero-order valence-corrected chi connectivity index (χ0v) is 9.60. The van der Waals surface area contributed by atoms with Crippen LogP contribution in [0.4, 0.5) is 0 Å². The number of carbonyl (C=O) groups is 1. The lowest BCUT2D eigenvalue weighted by Gasteiger charge is -1.97. The van der Waals surface area contributed by atoms with E-state index in [1.54, 1.807) is 23.5 Å². The first-order chi connectivity index (χ1) is 7.16. The highest BCUT2D eigenvalue weighted by Crippen LogP contribution is 2.22. The van der Waals surface area contributed by atoms with Gasteiger partial charge in [0.15, 0.2) is 0 Å². The second kappa shape index (κ2) is 4.13. The Kier molecular flexibility index (Phi) is 2.84. The van der Waals surface area contributed by atoms with Crippen LogP contribution in [-0.2, 0) is 0 Å². The largest absolute Gasteiger partial charge is 0.276 e. The number of aryl methyl sites for hydroxylation is 1. The molecular formula is C11H8ClNOS. The Balaban J connectivity index is 2.35. The number of thiazole rings is 1. The predicted molar refractivity (Wildman–Crippen MR) is 62.5 cm³/mol. The summed E-state index contributed by atoms with van der Waals surface area (Å²) in [7, 11) is 0. The Bertz CT molecular complexity index is 490. The molecule has 2 aromatic rings. The van der Waals surface area contributed by atoms with Crippen molar-refractivity contribution in [3.05, 3.63) is 40.2 Å². The lowest BCUT2D eigenvalue weighted by Crippen LogP contribution is -1.87. The van der Waals surface area contributed by atoms with E-state index in [9.17, 15) is 4.79 Å². The molecule has 0 aliphatic rings. The van der Waals surface area contributed by atoms with Crippen LogP contribution in [0.3, 0.4) is 0 Å². The fourth-order valence-electron chi connectivity index (χ4n) is 1.27. The van der Waals surface area contributed by atoms with Crippen molar-refractivity contribution >= 4 is 28.2 Å². The van der Waals surface area contributed by atoms with Crippen LogP contribution in [0.5, 0.6) is 0 Å². The zero-order valence-electron chi connectivity index (χ0n) is 8.03. The number of nitrogens with zero attached hydrogens (tertiary/aromatic N) is 1. The zero-order chi connectivity index (χ0) is 10.8. The molecule has 2 nitrogen and oxygen atoms in total. The first-order valence-electron chi connectivity index (χ1n) is 4.39. The summed E-state index contributed by atoms with van der Waals surface area (Å²) in [4.78, 5) is 15.2. The molecule has 0 aliphatic carbocycles. The van der Waals surface area contributed by atoms with Crippen LogP contribution >= 0.6 is 22.9 Å². The SMILES string of the molecule is Cc1nc(-c2ccc(C(=O)Cl)cc2)cs1. The molecular weight excluding hydrogens is 230 g/mol. The Labute approximate surface area is 96.5 Å². The van der Waals surface area contributed by atoms with E-state index < -0.39 is 5.24 Å².